The van der Waals surface area contributed by atoms with E-state index in [1.807, 2.05) is 0 Å². The summed E-state index contributed by atoms with van der Waals surface area (Å²) in [6.07, 6.45) is -3.46. The summed E-state index contributed by atoms with van der Waals surface area (Å²) in [4.78, 5) is 38.7. The lowest BCUT2D eigenvalue weighted by atomic mass is 10.2. The van der Waals surface area contributed by atoms with E-state index in [1.54, 1.807) is 30.3 Å². The van der Waals surface area contributed by atoms with Crippen molar-refractivity contribution >= 4 is 13.6 Å². The molecule has 0 spiro atoms. The first kappa shape index (κ1) is 25.0. The maximum Gasteiger partial charge on any atom is 0.358 e. The molecule has 3 rings (SSSR count). The zero-order valence-corrected chi connectivity index (χ0v) is 19.3. The number of esters is 1. The Hall–Kier alpha value is -2.60. The number of aromatic amines is 1. The number of H-pyrrole nitrogens is 1. The molecule has 1 aromatic carbocycles. The molecule has 1 N–H and O–H groups in total. The minimum Gasteiger partial charge on any atom is -0.450 e. The first-order valence-electron chi connectivity index (χ1n) is 9.86. The molecular formula is C20H25N2O10P. The van der Waals surface area contributed by atoms with Crippen molar-refractivity contribution < 1.29 is 37.4 Å². The van der Waals surface area contributed by atoms with Crippen molar-refractivity contribution in [2.45, 2.75) is 37.5 Å². The number of rotatable bonds is 9. The molecule has 180 valence electrons. The Kier molecular flexibility index (Phi) is 8.01. The standard InChI is InChI=1S/C20H25N2O10P/c1-12(33(26,28-3)29-4)30-19-16(31-18(24)13-8-6-5-7-9-13)15(27-2)17(32-19)22-11-10-14(23)21-20(22)25/h5-12,15-17,19H,1-4H3,(H,21,23,25)/t12?,15?,16?,17-,19+/m1/s1. The molecule has 0 amide bonds. The molecule has 0 saturated carbocycles. The smallest absolute Gasteiger partial charge is 0.358 e. The summed E-state index contributed by atoms with van der Waals surface area (Å²) in [7, 11) is 0.0596. The van der Waals surface area contributed by atoms with Crippen molar-refractivity contribution in [3.63, 3.8) is 0 Å². The summed E-state index contributed by atoms with van der Waals surface area (Å²) in [5.41, 5.74) is -1.10. The molecule has 2 aromatic rings. The van der Waals surface area contributed by atoms with Crippen LogP contribution >= 0.6 is 7.60 Å². The molecule has 0 radical (unpaired) electrons. The van der Waals surface area contributed by atoms with E-state index >= 15 is 0 Å². The minimum atomic E-state index is -3.68. The van der Waals surface area contributed by atoms with Gasteiger partial charge in [0, 0.05) is 33.6 Å². The number of ether oxygens (including phenoxy) is 4. The van der Waals surface area contributed by atoms with Crippen LogP contribution in [0.5, 0.6) is 0 Å². The van der Waals surface area contributed by atoms with E-state index in [1.165, 1.54) is 34.4 Å². The molecule has 1 saturated heterocycles. The summed E-state index contributed by atoms with van der Waals surface area (Å²) in [6, 6.07) is 9.33. The van der Waals surface area contributed by atoms with Gasteiger partial charge in [-0.3, -0.25) is 18.9 Å². The lowest BCUT2D eigenvalue weighted by molar-refractivity contribution is -0.186. The molecule has 12 nitrogen and oxygen atoms in total. The summed E-state index contributed by atoms with van der Waals surface area (Å²) in [5, 5.41) is 0. The van der Waals surface area contributed by atoms with E-state index < -0.39 is 55.4 Å². The van der Waals surface area contributed by atoms with E-state index in [0.717, 1.165) is 10.6 Å². The van der Waals surface area contributed by atoms with Gasteiger partial charge in [-0.2, -0.15) is 0 Å². The van der Waals surface area contributed by atoms with Gasteiger partial charge in [0.05, 0.1) is 5.56 Å². The van der Waals surface area contributed by atoms with Gasteiger partial charge in [0.15, 0.2) is 18.2 Å². The fraction of sp³-hybridized carbons (Fsp3) is 0.450. The maximum absolute atomic E-state index is 12.7. The molecule has 13 heteroatoms. The van der Waals surface area contributed by atoms with E-state index in [2.05, 4.69) is 4.98 Å². The van der Waals surface area contributed by atoms with Crippen molar-refractivity contribution in [2.24, 2.45) is 0 Å². The summed E-state index contributed by atoms with van der Waals surface area (Å²) in [6.45, 7) is 1.44. The maximum atomic E-state index is 12.7. The zero-order chi connectivity index (χ0) is 24.2. The number of hydrogen-bond acceptors (Lipinski definition) is 10. The monoisotopic (exact) mass is 484 g/mol. The quantitative estimate of drug-likeness (QED) is 0.410. The molecule has 5 atom stereocenters. The van der Waals surface area contributed by atoms with Crippen LogP contribution in [0.15, 0.2) is 52.2 Å². The Morgan fingerprint density at radius 3 is 2.33 bits per heavy atom. The number of nitrogens with zero attached hydrogens (tertiary/aromatic N) is 1. The van der Waals surface area contributed by atoms with Crippen molar-refractivity contribution in [3.8, 4) is 0 Å². The lowest BCUT2D eigenvalue weighted by Crippen LogP contribution is -2.41. The van der Waals surface area contributed by atoms with E-state index in [4.69, 9.17) is 28.0 Å². The first-order chi connectivity index (χ1) is 15.7. The second-order valence-corrected chi connectivity index (χ2v) is 9.53. The van der Waals surface area contributed by atoms with Gasteiger partial charge in [0.1, 0.15) is 6.10 Å². The number of hydrogen-bond donors (Lipinski definition) is 1. The van der Waals surface area contributed by atoms with E-state index in [0.29, 0.717) is 0 Å². The van der Waals surface area contributed by atoms with Crippen LogP contribution in [0.2, 0.25) is 0 Å². The highest BCUT2D eigenvalue weighted by molar-refractivity contribution is 7.54. The Morgan fingerprint density at radius 1 is 1.09 bits per heavy atom. The fourth-order valence-electron chi connectivity index (χ4n) is 3.35. The summed E-state index contributed by atoms with van der Waals surface area (Å²) >= 11 is 0. The molecule has 2 heterocycles. The van der Waals surface area contributed by atoms with Gasteiger partial charge in [0.2, 0.25) is 6.29 Å². The first-order valence-corrected chi connectivity index (χ1v) is 11.5. The van der Waals surface area contributed by atoms with Crippen LogP contribution in [0.1, 0.15) is 23.5 Å². The fourth-order valence-corrected chi connectivity index (χ4v) is 4.36. The summed E-state index contributed by atoms with van der Waals surface area (Å²) in [5.74, 6) is -1.82. The average molecular weight is 484 g/mol. The molecule has 3 unspecified atom stereocenters. The minimum absolute atomic E-state index is 0.267. The van der Waals surface area contributed by atoms with E-state index in [9.17, 15) is 18.9 Å². The van der Waals surface area contributed by atoms with Gasteiger partial charge in [-0.25, -0.2) is 9.59 Å². The predicted molar refractivity (Wildman–Crippen MR) is 114 cm³/mol. The Labute approximate surface area is 188 Å². The van der Waals surface area contributed by atoms with Gasteiger partial charge in [-0.15, -0.1) is 0 Å². The van der Waals surface area contributed by atoms with Gasteiger partial charge >= 0.3 is 19.3 Å². The van der Waals surface area contributed by atoms with Crippen LogP contribution < -0.4 is 11.2 Å². The second kappa shape index (κ2) is 10.6. The number of aromatic nitrogens is 2. The van der Waals surface area contributed by atoms with Gasteiger partial charge < -0.3 is 28.0 Å². The highest BCUT2D eigenvalue weighted by Crippen LogP contribution is 2.53. The molecule has 1 aliphatic heterocycles. The van der Waals surface area contributed by atoms with Crippen LogP contribution in [0.3, 0.4) is 0 Å². The third kappa shape index (κ3) is 5.32. The third-order valence-corrected chi connectivity index (χ3v) is 7.11. The highest BCUT2D eigenvalue weighted by Gasteiger charge is 2.51. The van der Waals surface area contributed by atoms with Crippen molar-refractivity contribution in [1.29, 1.82) is 0 Å². The van der Waals surface area contributed by atoms with Crippen LogP contribution in [-0.4, -0.2) is 61.2 Å². The van der Waals surface area contributed by atoms with Crippen LogP contribution in [0, 0.1) is 0 Å². The number of carbonyl (C=O) groups excluding carboxylic acids is 1. The van der Waals surface area contributed by atoms with E-state index in [-0.39, 0.29) is 5.56 Å². The van der Waals surface area contributed by atoms with Crippen LogP contribution in [-0.2, 0) is 32.6 Å². The van der Waals surface area contributed by atoms with Crippen molar-refractivity contribution in [3.05, 3.63) is 69.0 Å². The molecule has 1 fully saturated rings. The molecule has 0 bridgehead atoms. The predicted octanol–water partition coefficient (Wildman–Crippen LogP) is 1.48. The molecule has 0 aliphatic carbocycles. The second-order valence-electron chi connectivity index (χ2n) is 6.99. The normalized spacial score (nSPS) is 23.9. The Morgan fingerprint density at radius 2 is 1.76 bits per heavy atom. The zero-order valence-electron chi connectivity index (χ0n) is 18.4. The highest BCUT2D eigenvalue weighted by atomic mass is 31.2. The average Bonchev–Trinajstić information content (AvgIpc) is 3.15. The van der Waals surface area contributed by atoms with Gasteiger partial charge in [-0.1, -0.05) is 18.2 Å². The van der Waals surface area contributed by atoms with Gasteiger partial charge in [0.25, 0.3) is 5.56 Å². The largest absolute Gasteiger partial charge is 0.450 e. The molecule has 33 heavy (non-hydrogen) atoms. The van der Waals surface area contributed by atoms with Crippen LogP contribution in [0.4, 0.5) is 0 Å². The molecule has 1 aliphatic rings. The SMILES string of the molecule is COC1C(OC(=O)c2ccccc2)[C@@H](OC(C)P(=O)(OC)OC)O[C@H]1n1ccc(=O)[nH]c1=O. The Balaban J connectivity index is 1.96. The number of methoxy groups -OCH3 is 1. The number of carbonyl (C=O) groups is 1. The number of benzene rings is 1. The Bertz CT molecular complexity index is 1110. The lowest BCUT2D eigenvalue weighted by Gasteiger charge is -2.27. The topological polar surface area (TPSA) is 144 Å². The summed E-state index contributed by atoms with van der Waals surface area (Å²) < 4.78 is 46.5. The molecule has 1 aromatic heterocycles. The van der Waals surface area contributed by atoms with Crippen molar-refractivity contribution in [1.82, 2.24) is 9.55 Å². The van der Waals surface area contributed by atoms with Crippen molar-refractivity contribution in [2.75, 3.05) is 21.3 Å². The molecular weight excluding hydrogens is 459 g/mol. The number of nitrogens with one attached hydrogen (secondary N) is 1. The van der Waals surface area contributed by atoms with Gasteiger partial charge in [-0.05, 0) is 19.1 Å². The third-order valence-electron chi connectivity index (χ3n) is 5.08. The van der Waals surface area contributed by atoms with Crippen LogP contribution in [0.25, 0.3) is 0 Å².